The van der Waals surface area contributed by atoms with Gasteiger partial charge in [0.2, 0.25) is 5.91 Å². The first kappa shape index (κ1) is 27.9. The van der Waals surface area contributed by atoms with E-state index in [-0.39, 0.29) is 37.1 Å². The number of hydrogen-bond acceptors (Lipinski definition) is 5. The summed E-state index contributed by atoms with van der Waals surface area (Å²) in [7, 11) is 0. The zero-order valence-corrected chi connectivity index (χ0v) is 22.6. The lowest BCUT2D eigenvalue weighted by molar-refractivity contribution is -0.173. The van der Waals surface area contributed by atoms with E-state index in [1.54, 1.807) is 36.4 Å². The van der Waals surface area contributed by atoms with E-state index < -0.39 is 25.0 Å². The molecule has 2 N–H and O–H groups in total. The summed E-state index contributed by atoms with van der Waals surface area (Å²) in [6.07, 6.45) is 5.33. The maximum Gasteiger partial charge on any atom is 0.334 e. The maximum absolute atomic E-state index is 14.4. The molecule has 0 radical (unpaired) electrons. The molecule has 5 rings (SSSR count). The van der Waals surface area contributed by atoms with E-state index in [1.165, 1.54) is 28.6 Å². The van der Waals surface area contributed by atoms with Crippen molar-refractivity contribution in [2.45, 2.75) is 57.3 Å². The number of benzene rings is 2. The van der Waals surface area contributed by atoms with Crippen molar-refractivity contribution in [2.24, 2.45) is 5.92 Å². The topological polar surface area (TPSA) is 79.4 Å². The molecule has 2 aliphatic heterocycles. The van der Waals surface area contributed by atoms with Gasteiger partial charge in [-0.2, -0.15) is 5.01 Å². The second-order valence-corrected chi connectivity index (χ2v) is 11.0. The molecule has 0 spiro atoms. The van der Waals surface area contributed by atoms with Crippen LogP contribution in [0, 0.1) is 11.7 Å². The molecule has 2 atom stereocenters. The van der Waals surface area contributed by atoms with E-state index in [1.807, 2.05) is 9.80 Å². The fourth-order valence-electron chi connectivity index (χ4n) is 6.21. The van der Waals surface area contributed by atoms with Gasteiger partial charge in [-0.1, -0.05) is 50.1 Å². The fraction of sp³-hybridized carbons (Fsp3) is 0.467. The van der Waals surface area contributed by atoms with Gasteiger partial charge in [0, 0.05) is 25.2 Å². The molecule has 0 bridgehead atoms. The number of fused-ring (bicyclic) bond motifs is 1. The molecule has 1 aliphatic carbocycles. The number of phenolic OH excluding ortho intramolecular Hbond substituents is 1. The van der Waals surface area contributed by atoms with E-state index in [9.17, 15) is 23.5 Å². The summed E-state index contributed by atoms with van der Waals surface area (Å²) in [5.41, 5.74) is 2.14. The van der Waals surface area contributed by atoms with Crippen molar-refractivity contribution in [1.82, 2.24) is 25.1 Å². The standard InChI is InChI=1S/C30H37F2N5O3/c1-21-17-35(20-31)37(30(40)33-16-23-7-11-25(32)12-8-23)28-19-34(18-24-5-3-2-4-6-24)29(39)27(36(21)28)15-22-9-13-26(38)14-10-22/h7-14,24,27-28,38H,1-6,15-20H2,(H,33,40)/t27-,28-/m0/s1. The summed E-state index contributed by atoms with van der Waals surface area (Å²) < 4.78 is 27.7. The van der Waals surface area contributed by atoms with Crippen LogP contribution in [0.5, 0.6) is 5.75 Å². The van der Waals surface area contributed by atoms with Gasteiger partial charge in [0.05, 0.1) is 13.1 Å². The molecule has 2 aromatic rings. The molecule has 0 aromatic heterocycles. The summed E-state index contributed by atoms with van der Waals surface area (Å²) in [5, 5.41) is 15.3. The number of hydrogen-bond donors (Lipinski definition) is 2. The van der Waals surface area contributed by atoms with Crippen LogP contribution < -0.4 is 5.32 Å². The third-order valence-electron chi connectivity index (χ3n) is 8.23. The number of nitrogens with zero attached hydrogens (tertiary/aromatic N) is 4. The average Bonchev–Trinajstić information content (AvgIpc) is 2.96. The molecule has 3 aliphatic rings. The SMILES string of the molecule is C=C1CN(CF)N(C(=O)NCc2ccc(F)cc2)[C@H]2CN(CC3CCCCC3)C(=O)[C@H](Cc3ccc(O)cc3)N12. The van der Waals surface area contributed by atoms with Crippen LogP contribution in [0.15, 0.2) is 60.8 Å². The van der Waals surface area contributed by atoms with Crippen molar-refractivity contribution >= 4 is 11.9 Å². The summed E-state index contributed by atoms with van der Waals surface area (Å²) in [5.74, 6) is 0.133. The first-order valence-corrected chi connectivity index (χ1v) is 14.0. The predicted octanol–water partition coefficient (Wildman–Crippen LogP) is 4.38. The minimum atomic E-state index is -0.896. The van der Waals surface area contributed by atoms with Gasteiger partial charge in [0.15, 0.2) is 6.80 Å². The molecule has 3 amide bonds. The molecule has 3 fully saturated rings. The van der Waals surface area contributed by atoms with Crippen LogP contribution in [0.25, 0.3) is 0 Å². The molecule has 1 saturated carbocycles. The minimum absolute atomic E-state index is 0.0311. The van der Waals surface area contributed by atoms with E-state index in [0.717, 1.165) is 31.2 Å². The fourth-order valence-corrected chi connectivity index (χ4v) is 6.21. The Hall–Kier alpha value is -3.66. The number of piperazine rings is 1. The number of carbonyl (C=O) groups excluding carboxylic acids is 2. The number of nitrogens with one attached hydrogen (secondary N) is 1. The molecule has 214 valence electrons. The van der Waals surface area contributed by atoms with Crippen molar-refractivity contribution in [3.8, 4) is 5.75 Å². The Kier molecular flexibility index (Phi) is 8.54. The van der Waals surface area contributed by atoms with Gasteiger partial charge in [-0.3, -0.25) is 4.79 Å². The lowest BCUT2D eigenvalue weighted by atomic mass is 9.88. The number of carbonyl (C=O) groups is 2. The molecular formula is C30H37F2N5O3. The Bertz CT molecular complexity index is 1200. The monoisotopic (exact) mass is 553 g/mol. The van der Waals surface area contributed by atoms with Crippen molar-refractivity contribution in [1.29, 1.82) is 0 Å². The molecule has 2 aromatic carbocycles. The molecule has 10 heteroatoms. The number of amides is 3. The van der Waals surface area contributed by atoms with Crippen LogP contribution >= 0.6 is 0 Å². The molecular weight excluding hydrogens is 516 g/mol. The maximum atomic E-state index is 14.4. The number of halogens is 2. The van der Waals surface area contributed by atoms with Gasteiger partial charge < -0.3 is 20.2 Å². The zero-order chi connectivity index (χ0) is 28.2. The van der Waals surface area contributed by atoms with Gasteiger partial charge in [-0.05, 0) is 54.2 Å². The molecule has 8 nitrogen and oxygen atoms in total. The van der Waals surface area contributed by atoms with Crippen LogP contribution in [0.2, 0.25) is 0 Å². The lowest BCUT2D eigenvalue weighted by Gasteiger charge is -2.57. The highest BCUT2D eigenvalue weighted by atomic mass is 19.1. The van der Waals surface area contributed by atoms with E-state index in [0.29, 0.717) is 30.1 Å². The van der Waals surface area contributed by atoms with Gasteiger partial charge in [0.25, 0.3) is 0 Å². The normalized spacial score (nSPS) is 22.4. The molecule has 0 unspecified atom stereocenters. The van der Waals surface area contributed by atoms with Crippen molar-refractivity contribution in [3.63, 3.8) is 0 Å². The first-order valence-electron chi connectivity index (χ1n) is 14.0. The van der Waals surface area contributed by atoms with Crippen molar-refractivity contribution in [3.05, 3.63) is 77.8 Å². The number of rotatable bonds is 7. The summed E-state index contributed by atoms with van der Waals surface area (Å²) in [6.45, 7) is 4.33. The Balaban J connectivity index is 1.43. The molecule has 40 heavy (non-hydrogen) atoms. The Morgan fingerprint density at radius 3 is 2.38 bits per heavy atom. The second-order valence-electron chi connectivity index (χ2n) is 11.0. The van der Waals surface area contributed by atoms with Gasteiger partial charge >= 0.3 is 6.03 Å². The summed E-state index contributed by atoms with van der Waals surface area (Å²) >= 11 is 0. The van der Waals surface area contributed by atoms with E-state index in [4.69, 9.17) is 0 Å². The summed E-state index contributed by atoms with van der Waals surface area (Å²) in [6, 6.07) is 11.4. The molecule has 2 heterocycles. The largest absolute Gasteiger partial charge is 0.508 e. The third-order valence-corrected chi connectivity index (χ3v) is 8.23. The Morgan fingerprint density at radius 2 is 1.70 bits per heavy atom. The highest BCUT2D eigenvalue weighted by Crippen LogP contribution is 2.34. The average molecular weight is 554 g/mol. The number of urea groups is 1. The summed E-state index contributed by atoms with van der Waals surface area (Å²) in [4.78, 5) is 31.3. The predicted molar refractivity (Wildman–Crippen MR) is 147 cm³/mol. The number of phenols is 1. The van der Waals surface area contributed by atoms with E-state index in [2.05, 4.69) is 11.9 Å². The number of alkyl halides is 1. The zero-order valence-electron chi connectivity index (χ0n) is 22.6. The van der Waals surface area contributed by atoms with Crippen LogP contribution in [0.4, 0.5) is 13.6 Å². The third kappa shape index (κ3) is 6.06. The van der Waals surface area contributed by atoms with E-state index >= 15 is 0 Å². The smallest absolute Gasteiger partial charge is 0.334 e. The molecule has 2 saturated heterocycles. The van der Waals surface area contributed by atoms with Gasteiger partial charge in [0.1, 0.15) is 23.8 Å². The highest BCUT2D eigenvalue weighted by Gasteiger charge is 2.49. The second kappa shape index (κ2) is 12.2. The van der Waals surface area contributed by atoms with Crippen molar-refractivity contribution < 1.29 is 23.5 Å². The van der Waals surface area contributed by atoms with Crippen LogP contribution in [0.3, 0.4) is 0 Å². The van der Waals surface area contributed by atoms with Gasteiger partial charge in [-0.25, -0.2) is 18.6 Å². The quantitative estimate of drug-likeness (QED) is 0.498. The number of aromatic hydroxyl groups is 1. The lowest BCUT2D eigenvalue weighted by Crippen LogP contribution is -2.74. The van der Waals surface area contributed by atoms with Gasteiger partial charge in [-0.15, -0.1) is 0 Å². The van der Waals surface area contributed by atoms with Crippen LogP contribution in [-0.4, -0.2) is 75.5 Å². The first-order chi connectivity index (χ1) is 19.3. The number of hydrazine groups is 1. The van der Waals surface area contributed by atoms with Crippen molar-refractivity contribution in [2.75, 3.05) is 26.4 Å². The Labute approximate surface area is 233 Å². The highest BCUT2D eigenvalue weighted by molar-refractivity contribution is 5.84. The van der Waals surface area contributed by atoms with Crippen LogP contribution in [-0.2, 0) is 17.8 Å². The minimum Gasteiger partial charge on any atom is -0.508 e. The van der Waals surface area contributed by atoms with Crippen LogP contribution in [0.1, 0.15) is 43.2 Å². The Morgan fingerprint density at radius 1 is 1.02 bits per heavy atom.